The van der Waals surface area contributed by atoms with Crippen LogP contribution in [0.15, 0.2) is 54.6 Å². The van der Waals surface area contributed by atoms with Crippen molar-refractivity contribution < 1.29 is 13.2 Å². The average molecular weight is 431 g/mol. The highest BCUT2D eigenvalue weighted by atomic mass is 32.2. The topological polar surface area (TPSA) is 87.0 Å². The molecule has 0 aromatic heterocycles. The normalized spacial score (nSPS) is 20.8. The van der Waals surface area contributed by atoms with Crippen LogP contribution < -0.4 is 10.0 Å². The van der Waals surface area contributed by atoms with Gasteiger partial charge in [-0.05, 0) is 38.6 Å². The van der Waals surface area contributed by atoms with Crippen LogP contribution in [0.4, 0.5) is 5.69 Å². The second-order valence-corrected chi connectivity index (χ2v) is 9.71. The van der Waals surface area contributed by atoms with Crippen molar-refractivity contribution in [1.82, 2.24) is 9.21 Å². The van der Waals surface area contributed by atoms with Gasteiger partial charge in [0.25, 0.3) is 0 Å². The van der Waals surface area contributed by atoms with Gasteiger partial charge < -0.3 is 5.73 Å². The Morgan fingerprint density at radius 1 is 1.03 bits per heavy atom. The van der Waals surface area contributed by atoms with E-state index in [2.05, 4.69) is 4.90 Å². The Hall–Kier alpha value is -2.26. The highest BCUT2D eigenvalue weighted by Gasteiger charge is 2.37. The van der Waals surface area contributed by atoms with Gasteiger partial charge in [-0.15, -0.1) is 0 Å². The van der Waals surface area contributed by atoms with E-state index < -0.39 is 10.2 Å². The van der Waals surface area contributed by atoms with Crippen LogP contribution in [0.3, 0.4) is 0 Å². The van der Waals surface area contributed by atoms with E-state index in [-0.39, 0.29) is 31.0 Å². The van der Waals surface area contributed by atoms with E-state index in [1.165, 1.54) is 4.31 Å². The molecule has 1 aliphatic heterocycles. The molecular formula is C22H30N4O3S. The Labute approximate surface area is 179 Å². The second-order valence-electron chi connectivity index (χ2n) is 7.85. The fraction of sp³-hybridized carbons (Fsp3) is 0.409. The lowest BCUT2D eigenvalue weighted by Crippen LogP contribution is -2.59. The molecule has 2 N–H and O–H groups in total. The molecular weight excluding hydrogens is 400 g/mol. The van der Waals surface area contributed by atoms with Crippen molar-refractivity contribution in [3.8, 4) is 0 Å². The summed E-state index contributed by atoms with van der Waals surface area (Å²) < 4.78 is 30.4. The fourth-order valence-corrected chi connectivity index (χ4v) is 5.45. The third-order valence-corrected chi connectivity index (χ3v) is 7.61. The Kier molecular flexibility index (Phi) is 6.92. The molecule has 0 aliphatic carbocycles. The van der Waals surface area contributed by atoms with E-state index in [0.29, 0.717) is 24.3 Å². The second kappa shape index (κ2) is 9.26. The summed E-state index contributed by atoms with van der Waals surface area (Å²) in [7, 11) is -1.72. The van der Waals surface area contributed by atoms with Gasteiger partial charge in [0.15, 0.2) is 5.78 Å². The maximum Gasteiger partial charge on any atom is 0.304 e. The number of rotatable bonds is 7. The molecule has 1 heterocycles. The third kappa shape index (κ3) is 4.73. The van der Waals surface area contributed by atoms with E-state index >= 15 is 0 Å². The van der Waals surface area contributed by atoms with E-state index in [9.17, 15) is 13.2 Å². The zero-order chi connectivity index (χ0) is 21.9. The van der Waals surface area contributed by atoms with Crippen molar-refractivity contribution in [3.05, 3.63) is 65.7 Å². The van der Waals surface area contributed by atoms with Gasteiger partial charge >= 0.3 is 10.2 Å². The number of nitrogens with two attached hydrogens (primary N) is 1. The molecule has 0 unspecified atom stereocenters. The number of benzene rings is 2. The number of nitrogens with zero attached hydrogens (tertiary/aromatic N) is 3. The maximum atomic E-state index is 13.7. The molecule has 162 valence electrons. The first-order chi connectivity index (χ1) is 14.2. The van der Waals surface area contributed by atoms with Crippen LogP contribution in [0.1, 0.15) is 29.8 Å². The number of Topliss-reactive ketones (excluding diaryl/α,β-unsaturated/α-hetero) is 1. The number of likely N-dealkylation sites (N-methyl/N-ethyl adjacent to an activating group) is 1. The molecule has 1 aliphatic rings. The minimum Gasteiger partial charge on any atom is -0.324 e. The molecule has 0 amide bonds. The number of carbonyl (C=O) groups is 1. The number of hydrogen-bond donors (Lipinski definition) is 1. The van der Waals surface area contributed by atoms with Gasteiger partial charge in [0.05, 0.1) is 18.8 Å². The summed E-state index contributed by atoms with van der Waals surface area (Å²) >= 11 is 0. The minimum absolute atomic E-state index is 0.0519. The number of para-hydroxylation sites is 1. The zero-order valence-electron chi connectivity index (χ0n) is 17.7. The van der Waals surface area contributed by atoms with Crippen molar-refractivity contribution in [2.75, 3.05) is 31.0 Å². The molecule has 2 aromatic carbocycles. The van der Waals surface area contributed by atoms with Crippen molar-refractivity contribution in [1.29, 1.82) is 0 Å². The molecule has 1 fully saturated rings. The largest absolute Gasteiger partial charge is 0.324 e. The van der Waals surface area contributed by atoms with Gasteiger partial charge in [-0.3, -0.25) is 14.0 Å². The predicted molar refractivity (Wildman–Crippen MR) is 120 cm³/mol. The van der Waals surface area contributed by atoms with E-state index in [0.717, 1.165) is 5.56 Å². The van der Waals surface area contributed by atoms with Crippen LogP contribution in [0.25, 0.3) is 0 Å². The third-order valence-electron chi connectivity index (χ3n) is 5.76. The van der Waals surface area contributed by atoms with Crippen LogP contribution >= 0.6 is 0 Å². The molecule has 0 bridgehead atoms. The standard InChI is InChI=1S/C22H30N4O3S/c1-17-14-25(15-18(2)24(17)3)30(28,29)26(21-7-5-4-6-8-21)16-19-9-11-20(12-10-19)22(27)13-23/h4-12,17-18H,13-16,23H2,1-3H3/t17-,18+. The van der Waals surface area contributed by atoms with Crippen molar-refractivity contribution in [2.24, 2.45) is 5.73 Å². The number of hydrogen-bond acceptors (Lipinski definition) is 5. The molecule has 3 rings (SSSR count). The molecule has 0 radical (unpaired) electrons. The van der Waals surface area contributed by atoms with Gasteiger partial charge in [-0.2, -0.15) is 12.7 Å². The lowest BCUT2D eigenvalue weighted by atomic mass is 10.1. The zero-order valence-corrected chi connectivity index (χ0v) is 18.5. The Bertz CT molecular complexity index is 952. The van der Waals surface area contributed by atoms with Gasteiger partial charge in [0, 0.05) is 30.7 Å². The molecule has 2 aromatic rings. The number of ketones is 1. The summed E-state index contributed by atoms with van der Waals surface area (Å²) in [4.78, 5) is 14.0. The first-order valence-electron chi connectivity index (χ1n) is 10.1. The van der Waals surface area contributed by atoms with Crippen LogP contribution in [-0.2, 0) is 16.8 Å². The number of anilines is 1. The minimum atomic E-state index is -3.74. The van der Waals surface area contributed by atoms with Gasteiger partial charge in [0.1, 0.15) is 0 Å². The molecule has 1 saturated heterocycles. The lowest BCUT2D eigenvalue weighted by Gasteiger charge is -2.43. The summed E-state index contributed by atoms with van der Waals surface area (Å²) in [5.41, 5.74) is 7.36. The van der Waals surface area contributed by atoms with Crippen molar-refractivity contribution in [2.45, 2.75) is 32.5 Å². The predicted octanol–water partition coefficient (Wildman–Crippen LogP) is 2.10. The summed E-state index contributed by atoms with van der Waals surface area (Å²) in [6.45, 7) is 5.09. The first kappa shape index (κ1) is 22.4. The first-order valence-corrected chi connectivity index (χ1v) is 11.5. The quantitative estimate of drug-likeness (QED) is 0.680. The number of carbonyl (C=O) groups excluding carboxylic acids is 1. The van der Waals surface area contributed by atoms with Crippen molar-refractivity contribution >= 4 is 21.7 Å². The van der Waals surface area contributed by atoms with Crippen LogP contribution in [0.5, 0.6) is 0 Å². The summed E-state index contributed by atoms with van der Waals surface area (Å²) in [6.07, 6.45) is 0. The molecule has 2 atom stereocenters. The highest BCUT2D eigenvalue weighted by molar-refractivity contribution is 7.90. The maximum absolute atomic E-state index is 13.7. The van der Waals surface area contributed by atoms with Gasteiger partial charge in [0.2, 0.25) is 0 Å². The Morgan fingerprint density at radius 2 is 1.60 bits per heavy atom. The molecule has 8 heteroatoms. The molecule has 0 saturated carbocycles. The van der Waals surface area contributed by atoms with Gasteiger partial charge in [-0.25, -0.2) is 0 Å². The lowest BCUT2D eigenvalue weighted by molar-refractivity contribution is 0.100. The summed E-state index contributed by atoms with van der Waals surface area (Å²) in [6, 6.07) is 16.3. The van der Waals surface area contributed by atoms with Gasteiger partial charge in [-0.1, -0.05) is 42.5 Å². The average Bonchev–Trinajstić information content (AvgIpc) is 2.75. The summed E-state index contributed by atoms with van der Waals surface area (Å²) in [5.74, 6) is -0.144. The molecule has 7 nitrogen and oxygen atoms in total. The van der Waals surface area contributed by atoms with E-state index in [1.54, 1.807) is 40.7 Å². The molecule has 30 heavy (non-hydrogen) atoms. The smallest absolute Gasteiger partial charge is 0.304 e. The highest BCUT2D eigenvalue weighted by Crippen LogP contribution is 2.26. The molecule has 0 spiro atoms. The monoisotopic (exact) mass is 430 g/mol. The van der Waals surface area contributed by atoms with E-state index in [1.807, 2.05) is 39.1 Å². The van der Waals surface area contributed by atoms with Crippen molar-refractivity contribution in [3.63, 3.8) is 0 Å². The SMILES string of the molecule is C[C@@H]1CN(S(=O)(=O)N(Cc2ccc(C(=O)CN)cc2)c2ccccc2)C[C@H](C)N1C. The Morgan fingerprint density at radius 3 is 2.13 bits per heavy atom. The summed E-state index contributed by atoms with van der Waals surface area (Å²) in [5, 5.41) is 0. The fourth-order valence-electron chi connectivity index (χ4n) is 3.66. The van der Waals surface area contributed by atoms with Crippen LogP contribution in [0.2, 0.25) is 0 Å². The Balaban J connectivity index is 1.92. The number of piperazine rings is 1. The van der Waals surface area contributed by atoms with Crippen LogP contribution in [0, 0.1) is 0 Å². The van der Waals surface area contributed by atoms with E-state index in [4.69, 9.17) is 5.73 Å². The van der Waals surface area contributed by atoms with Crippen LogP contribution in [-0.4, -0.2) is 62.2 Å².